The molecule has 0 aliphatic heterocycles. The second-order valence-electron chi connectivity index (χ2n) is 16.4. The molecule has 2 nitrogen and oxygen atoms in total. The average Bonchev–Trinajstić information content (AvgIpc) is 3.71. The van der Waals surface area contributed by atoms with E-state index in [2.05, 4.69) is 264 Å². The summed E-state index contributed by atoms with van der Waals surface area (Å²) in [5.74, 6) is 0. The zero-order chi connectivity index (χ0) is 42.4. The van der Waals surface area contributed by atoms with Crippen LogP contribution in [0, 0.1) is 0 Å². The minimum atomic E-state index is 1.08. The lowest BCUT2D eigenvalue weighted by molar-refractivity contribution is 1.18. The van der Waals surface area contributed by atoms with Crippen molar-refractivity contribution in [2.24, 2.45) is 0 Å². The number of nitrogens with zero attached hydrogens (tertiary/aromatic N) is 2. The van der Waals surface area contributed by atoms with Crippen LogP contribution in [0.25, 0.3) is 93.5 Å². The first-order valence-electron chi connectivity index (χ1n) is 22.0. The second kappa shape index (κ2) is 15.8. The van der Waals surface area contributed by atoms with Gasteiger partial charge in [-0.25, -0.2) is 0 Å². The molecular formula is C62H42N2. The molecule has 0 radical (unpaired) electrons. The van der Waals surface area contributed by atoms with E-state index in [9.17, 15) is 0 Å². The molecule has 1 aromatic heterocycles. The molecule has 300 valence electrons. The van der Waals surface area contributed by atoms with Gasteiger partial charge in [-0.15, -0.1) is 0 Å². The molecule has 0 atom stereocenters. The van der Waals surface area contributed by atoms with E-state index in [-0.39, 0.29) is 0 Å². The Balaban J connectivity index is 1.12. The zero-order valence-corrected chi connectivity index (χ0v) is 35.1. The van der Waals surface area contributed by atoms with Gasteiger partial charge in [0.15, 0.2) is 0 Å². The zero-order valence-electron chi connectivity index (χ0n) is 35.1. The number of anilines is 3. The van der Waals surface area contributed by atoms with Crippen molar-refractivity contribution in [3.8, 4) is 50.2 Å². The largest absolute Gasteiger partial charge is 0.309 e. The normalized spacial score (nSPS) is 11.4. The van der Waals surface area contributed by atoms with Crippen LogP contribution in [0.5, 0.6) is 0 Å². The summed E-state index contributed by atoms with van der Waals surface area (Å²) >= 11 is 0. The Morgan fingerprint density at radius 3 is 1.48 bits per heavy atom. The molecule has 12 rings (SSSR count). The van der Waals surface area contributed by atoms with Crippen molar-refractivity contribution < 1.29 is 0 Å². The molecule has 12 aromatic rings. The standard InChI is InChI=1S/C62H42N2/c1-2-19-45(20-3-1)57-42-47(52-29-8-12-35-58(52)64-60-37-14-10-31-55(60)56-32-11-15-38-61(56)64)39-40-62(57)63(48-26-16-25-46(41-48)51-33-17-23-43-21-4-6-27-49(43)51)59-36-13-9-30-54(59)53-34-18-24-44-22-5-7-28-50(44)53/h1-42H. The lowest BCUT2D eigenvalue weighted by Crippen LogP contribution is -2.13. The van der Waals surface area contributed by atoms with Crippen LogP contribution in [-0.4, -0.2) is 4.57 Å². The van der Waals surface area contributed by atoms with Gasteiger partial charge < -0.3 is 9.47 Å². The molecule has 0 saturated carbocycles. The Morgan fingerprint density at radius 2 is 0.750 bits per heavy atom. The summed E-state index contributed by atoms with van der Waals surface area (Å²) in [5, 5.41) is 7.41. The van der Waals surface area contributed by atoms with E-state index in [4.69, 9.17) is 0 Å². The molecule has 1 heterocycles. The summed E-state index contributed by atoms with van der Waals surface area (Å²) in [5.41, 5.74) is 16.1. The smallest absolute Gasteiger partial charge is 0.0541 e. The van der Waals surface area contributed by atoms with Gasteiger partial charge in [0.25, 0.3) is 0 Å². The van der Waals surface area contributed by atoms with E-state index in [1.54, 1.807) is 0 Å². The maximum atomic E-state index is 2.48. The first-order valence-corrected chi connectivity index (χ1v) is 22.0. The highest BCUT2D eigenvalue weighted by atomic mass is 15.1. The molecule has 0 spiro atoms. The third-order valence-corrected chi connectivity index (χ3v) is 12.8. The molecule has 0 unspecified atom stereocenters. The van der Waals surface area contributed by atoms with E-state index in [1.807, 2.05) is 0 Å². The molecule has 11 aromatic carbocycles. The molecule has 0 amide bonds. The van der Waals surface area contributed by atoms with Gasteiger partial charge in [0, 0.05) is 33.2 Å². The van der Waals surface area contributed by atoms with E-state index in [0.29, 0.717) is 0 Å². The first-order chi connectivity index (χ1) is 31.8. The Morgan fingerprint density at radius 1 is 0.266 bits per heavy atom. The van der Waals surface area contributed by atoms with Crippen LogP contribution >= 0.6 is 0 Å². The van der Waals surface area contributed by atoms with Crippen LogP contribution < -0.4 is 4.90 Å². The summed E-state index contributed by atoms with van der Waals surface area (Å²) in [6.07, 6.45) is 0. The van der Waals surface area contributed by atoms with Crippen LogP contribution in [0.3, 0.4) is 0 Å². The van der Waals surface area contributed by atoms with Gasteiger partial charge in [0.05, 0.1) is 28.1 Å². The Hall–Kier alpha value is -8.46. The topological polar surface area (TPSA) is 8.17 Å². The summed E-state index contributed by atoms with van der Waals surface area (Å²) in [7, 11) is 0. The summed E-state index contributed by atoms with van der Waals surface area (Å²) in [6.45, 7) is 0. The van der Waals surface area contributed by atoms with Crippen molar-refractivity contribution in [3.63, 3.8) is 0 Å². The summed E-state index contributed by atoms with van der Waals surface area (Å²) in [6, 6.07) is 92.9. The van der Waals surface area contributed by atoms with Gasteiger partial charge in [-0.2, -0.15) is 0 Å². The monoisotopic (exact) mass is 814 g/mol. The number of aromatic nitrogens is 1. The predicted molar refractivity (Wildman–Crippen MR) is 272 cm³/mol. The third kappa shape index (κ3) is 6.35. The van der Waals surface area contributed by atoms with Gasteiger partial charge >= 0.3 is 0 Å². The van der Waals surface area contributed by atoms with Crippen molar-refractivity contribution >= 4 is 60.4 Å². The highest BCUT2D eigenvalue weighted by molar-refractivity contribution is 6.10. The quantitative estimate of drug-likeness (QED) is 0.148. The Kier molecular flexibility index (Phi) is 9.20. The number of hydrogen-bond donors (Lipinski definition) is 0. The maximum Gasteiger partial charge on any atom is 0.0541 e. The van der Waals surface area contributed by atoms with Crippen molar-refractivity contribution in [3.05, 3.63) is 255 Å². The average molecular weight is 815 g/mol. The van der Waals surface area contributed by atoms with Crippen molar-refractivity contribution in [2.75, 3.05) is 4.90 Å². The third-order valence-electron chi connectivity index (χ3n) is 12.8. The van der Waals surface area contributed by atoms with Gasteiger partial charge in [0.2, 0.25) is 0 Å². The van der Waals surface area contributed by atoms with E-state index in [1.165, 1.54) is 65.6 Å². The minimum absolute atomic E-state index is 1.08. The van der Waals surface area contributed by atoms with Crippen LogP contribution in [0.15, 0.2) is 255 Å². The summed E-state index contributed by atoms with van der Waals surface area (Å²) < 4.78 is 2.43. The fourth-order valence-electron chi connectivity index (χ4n) is 9.90. The number of rotatable bonds is 8. The number of para-hydroxylation sites is 4. The van der Waals surface area contributed by atoms with Crippen LogP contribution in [0.4, 0.5) is 17.1 Å². The molecule has 64 heavy (non-hydrogen) atoms. The van der Waals surface area contributed by atoms with E-state index >= 15 is 0 Å². The van der Waals surface area contributed by atoms with Gasteiger partial charge in [-0.05, 0) is 97.9 Å². The van der Waals surface area contributed by atoms with Crippen molar-refractivity contribution in [1.82, 2.24) is 4.57 Å². The second-order valence-corrected chi connectivity index (χ2v) is 16.4. The Bertz CT molecular complexity index is 3630. The molecule has 0 fully saturated rings. The molecule has 2 heteroatoms. The molecule has 0 saturated heterocycles. The highest BCUT2D eigenvalue weighted by Crippen LogP contribution is 2.48. The lowest BCUT2D eigenvalue weighted by Gasteiger charge is -2.31. The van der Waals surface area contributed by atoms with Crippen molar-refractivity contribution in [2.45, 2.75) is 0 Å². The number of benzene rings is 11. The summed E-state index contributed by atoms with van der Waals surface area (Å²) in [4.78, 5) is 2.48. The highest BCUT2D eigenvalue weighted by Gasteiger charge is 2.23. The van der Waals surface area contributed by atoms with Gasteiger partial charge in [-0.3, -0.25) is 0 Å². The Labute approximate surface area is 373 Å². The van der Waals surface area contributed by atoms with E-state index < -0.39 is 0 Å². The first kappa shape index (κ1) is 37.3. The number of fused-ring (bicyclic) bond motifs is 5. The predicted octanol–water partition coefficient (Wildman–Crippen LogP) is 17.2. The van der Waals surface area contributed by atoms with E-state index in [0.717, 1.165) is 45.0 Å². The maximum absolute atomic E-state index is 2.48. The minimum Gasteiger partial charge on any atom is -0.309 e. The molecule has 0 N–H and O–H groups in total. The van der Waals surface area contributed by atoms with Crippen LogP contribution in [0.2, 0.25) is 0 Å². The molecule has 0 aliphatic rings. The fraction of sp³-hybridized carbons (Fsp3) is 0. The molecule has 0 aliphatic carbocycles. The lowest BCUT2D eigenvalue weighted by atomic mass is 9.93. The van der Waals surface area contributed by atoms with Crippen LogP contribution in [0.1, 0.15) is 0 Å². The van der Waals surface area contributed by atoms with Gasteiger partial charge in [0.1, 0.15) is 0 Å². The molecule has 0 bridgehead atoms. The van der Waals surface area contributed by atoms with Gasteiger partial charge in [-0.1, -0.05) is 206 Å². The molecular weight excluding hydrogens is 773 g/mol. The SMILES string of the molecule is c1ccc(-c2cc(-c3ccccc3-n3c4ccccc4c4ccccc43)ccc2N(c2cccc(-c3cccc4ccccc34)c2)c2ccccc2-c2cccc3ccccc23)cc1. The van der Waals surface area contributed by atoms with Crippen LogP contribution in [-0.2, 0) is 0 Å². The van der Waals surface area contributed by atoms with Crippen molar-refractivity contribution in [1.29, 1.82) is 0 Å². The number of hydrogen-bond acceptors (Lipinski definition) is 1. The fourth-order valence-corrected chi connectivity index (χ4v) is 9.90.